The monoisotopic (exact) mass is 287 g/mol. The second kappa shape index (κ2) is 7.05. The van der Waals surface area contributed by atoms with E-state index >= 15 is 0 Å². The van der Waals surface area contributed by atoms with Gasteiger partial charge in [0.1, 0.15) is 10.7 Å². The van der Waals surface area contributed by atoms with Crippen LogP contribution in [0, 0.1) is 0 Å². The van der Waals surface area contributed by atoms with Crippen molar-refractivity contribution in [1.29, 1.82) is 0 Å². The Balaban J connectivity index is 2.43. The van der Waals surface area contributed by atoms with Crippen LogP contribution < -0.4 is 10.5 Å². The number of carbonyl (C=O) groups is 1. The molecule has 19 heavy (non-hydrogen) atoms. The summed E-state index contributed by atoms with van der Waals surface area (Å²) in [5.41, 5.74) is 5.38. The number of sulfonamides is 1. The molecule has 0 aliphatic rings. The van der Waals surface area contributed by atoms with Crippen LogP contribution in [0.15, 0.2) is 23.2 Å². The van der Waals surface area contributed by atoms with E-state index < -0.39 is 10.0 Å². The smallest absolute Gasteiger partial charge is 0.305 e. The van der Waals surface area contributed by atoms with Crippen LogP contribution in [0.5, 0.6) is 0 Å². The van der Waals surface area contributed by atoms with Gasteiger partial charge in [0.2, 0.25) is 10.0 Å². The SMILES string of the molecule is CCOC(=O)CCCNS(=O)(=O)c1ccc(N)nc1. The Morgan fingerprint density at radius 2 is 2.21 bits per heavy atom. The second-order valence-electron chi connectivity index (χ2n) is 3.73. The maximum absolute atomic E-state index is 11.8. The van der Waals surface area contributed by atoms with Crippen LogP contribution in [0.1, 0.15) is 19.8 Å². The van der Waals surface area contributed by atoms with Gasteiger partial charge in [0.15, 0.2) is 0 Å². The van der Waals surface area contributed by atoms with E-state index in [1.54, 1.807) is 6.92 Å². The van der Waals surface area contributed by atoms with Crippen molar-refractivity contribution in [3.63, 3.8) is 0 Å². The normalized spacial score (nSPS) is 11.2. The lowest BCUT2D eigenvalue weighted by molar-refractivity contribution is -0.143. The Hall–Kier alpha value is -1.67. The van der Waals surface area contributed by atoms with Crippen LogP contribution >= 0.6 is 0 Å². The van der Waals surface area contributed by atoms with Gasteiger partial charge in [-0.2, -0.15) is 0 Å². The molecule has 0 saturated heterocycles. The molecular weight excluding hydrogens is 270 g/mol. The van der Waals surface area contributed by atoms with Crippen molar-refractivity contribution in [3.05, 3.63) is 18.3 Å². The molecule has 0 saturated carbocycles. The number of aromatic nitrogens is 1. The van der Waals surface area contributed by atoms with Gasteiger partial charge in [-0.05, 0) is 25.5 Å². The lowest BCUT2D eigenvalue weighted by Crippen LogP contribution is -2.25. The largest absolute Gasteiger partial charge is 0.466 e. The highest BCUT2D eigenvalue weighted by Crippen LogP contribution is 2.08. The van der Waals surface area contributed by atoms with E-state index in [2.05, 4.69) is 9.71 Å². The zero-order chi connectivity index (χ0) is 14.3. The molecule has 1 aromatic heterocycles. The summed E-state index contributed by atoms with van der Waals surface area (Å²) in [6, 6.07) is 2.78. The third-order valence-electron chi connectivity index (χ3n) is 2.22. The Labute approximate surface area is 112 Å². The van der Waals surface area contributed by atoms with E-state index in [0.717, 1.165) is 0 Å². The zero-order valence-corrected chi connectivity index (χ0v) is 11.4. The maximum atomic E-state index is 11.8. The average molecular weight is 287 g/mol. The number of carbonyl (C=O) groups excluding carboxylic acids is 1. The molecule has 0 atom stereocenters. The topological polar surface area (TPSA) is 111 Å². The Morgan fingerprint density at radius 1 is 1.47 bits per heavy atom. The molecule has 0 bridgehead atoms. The molecule has 0 aliphatic carbocycles. The number of anilines is 1. The zero-order valence-electron chi connectivity index (χ0n) is 10.6. The molecule has 0 unspecified atom stereocenters. The fraction of sp³-hybridized carbons (Fsp3) is 0.455. The predicted octanol–water partition coefficient (Wildman–Crippen LogP) is 0.285. The summed E-state index contributed by atoms with van der Waals surface area (Å²) >= 11 is 0. The van der Waals surface area contributed by atoms with Crippen molar-refractivity contribution in [2.24, 2.45) is 0 Å². The van der Waals surface area contributed by atoms with Crippen molar-refractivity contribution in [1.82, 2.24) is 9.71 Å². The Kier molecular flexibility index (Phi) is 5.71. The molecule has 0 aliphatic heterocycles. The number of nitrogens with one attached hydrogen (secondary N) is 1. The molecule has 7 nitrogen and oxygen atoms in total. The van der Waals surface area contributed by atoms with Gasteiger partial charge in [-0.1, -0.05) is 0 Å². The number of nitrogens with zero attached hydrogens (tertiary/aromatic N) is 1. The maximum Gasteiger partial charge on any atom is 0.305 e. The quantitative estimate of drug-likeness (QED) is 0.550. The van der Waals surface area contributed by atoms with E-state index in [9.17, 15) is 13.2 Å². The van der Waals surface area contributed by atoms with Crippen LogP contribution in [0.25, 0.3) is 0 Å². The molecule has 106 valence electrons. The summed E-state index contributed by atoms with van der Waals surface area (Å²) in [6.07, 6.45) is 1.74. The lowest BCUT2D eigenvalue weighted by atomic mass is 10.3. The second-order valence-corrected chi connectivity index (χ2v) is 5.49. The molecule has 0 spiro atoms. The molecule has 1 rings (SSSR count). The highest BCUT2D eigenvalue weighted by atomic mass is 32.2. The third-order valence-corrected chi connectivity index (χ3v) is 3.67. The first-order valence-electron chi connectivity index (χ1n) is 5.82. The number of nitrogen functional groups attached to an aromatic ring is 1. The van der Waals surface area contributed by atoms with E-state index in [-0.39, 0.29) is 29.6 Å². The summed E-state index contributed by atoms with van der Waals surface area (Å²) < 4.78 is 30.7. The molecule has 0 radical (unpaired) electrons. The van der Waals surface area contributed by atoms with Crippen LogP contribution in [-0.2, 0) is 19.6 Å². The minimum absolute atomic E-state index is 0.0397. The standard InChI is InChI=1S/C11H17N3O4S/c1-2-18-11(15)4-3-7-14-19(16,17)9-5-6-10(12)13-8-9/h5-6,8,14H,2-4,7H2,1H3,(H2,12,13). The van der Waals surface area contributed by atoms with Gasteiger partial charge in [0.05, 0.1) is 6.61 Å². The minimum Gasteiger partial charge on any atom is -0.466 e. The number of ether oxygens (including phenoxy) is 1. The fourth-order valence-corrected chi connectivity index (χ4v) is 2.32. The predicted molar refractivity (Wildman–Crippen MR) is 69.7 cm³/mol. The van der Waals surface area contributed by atoms with Gasteiger partial charge < -0.3 is 10.5 Å². The van der Waals surface area contributed by atoms with Crippen LogP contribution in [0.4, 0.5) is 5.82 Å². The first-order chi connectivity index (χ1) is 8.95. The number of pyridine rings is 1. The number of rotatable bonds is 7. The molecule has 8 heteroatoms. The highest BCUT2D eigenvalue weighted by Gasteiger charge is 2.13. The molecule has 1 heterocycles. The number of hydrogen-bond donors (Lipinski definition) is 2. The van der Waals surface area contributed by atoms with Crippen LogP contribution in [0.2, 0.25) is 0 Å². The van der Waals surface area contributed by atoms with E-state index in [4.69, 9.17) is 10.5 Å². The van der Waals surface area contributed by atoms with Crippen molar-refractivity contribution >= 4 is 21.8 Å². The molecule has 0 amide bonds. The van der Waals surface area contributed by atoms with Crippen molar-refractivity contribution < 1.29 is 17.9 Å². The van der Waals surface area contributed by atoms with Gasteiger partial charge in [0.25, 0.3) is 0 Å². The lowest BCUT2D eigenvalue weighted by Gasteiger charge is -2.06. The molecule has 0 fully saturated rings. The third kappa shape index (κ3) is 5.23. The van der Waals surface area contributed by atoms with Crippen LogP contribution in [0.3, 0.4) is 0 Å². The summed E-state index contributed by atoms with van der Waals surface area (Å²) in [7, 11) is -3.61. The van der Waals surface area contributed by atoms with Crippen molar-refractivity contribution in [3.8, 4) is 0 Å². The molecule has 1 aromatic rings. The summed E-state index contributed by atoms with van der Waals surface area (Å²) in [4.78, 5) is 14.8. The first-order valence-corrected chi connectivity index (χ1v) is 7.31. The van der Waals surface area contributed by atoms with E-state index in [0.29, 0.717) is 13.0 Å². The van der Waals surface area contributed by atoms with Gasteiger partial charge in [-0.3, -0.25) is 4.79 Å². The van der Waals surface area contributed by atoms with E-state index in [1.807, 2.05) is 0 Å². The Morgan fingerprint density at radius 3 is 2.79 bits per heavy atom. The van der Waals surface area contributed by atoms with Crippen LogP contribution in [-0.4, -0.2) is 32.5 Å². The van der Waals surface area contributed by atoms with Gasteiger partial charge >= 0.3 is 5.97 Å². The van der Waals surface area contributed by atoms with Gasteiger partial charge in [-0.15, -0.1) is 0 Å². The summed E-state index contributed by atoms with van der Waals surface area (Å²) in [5, 5.41) is 0. The first kappa shape index (κ1) is 15.4. The van der Waals surface area contributed by atoms with Gasteiger partial charge in [0, 0.05) is 19.2 Å². The number of esters is 1. The fourth-order valence-electron chi connectivity index (χ4n) is 1.31. The average Bonchev–Trinajstić information content (AvgIpc) is 2.36. The van der Waals surface area contributed by atoms with Crippen molar-refractivity contribution in [2.75, 3.05) is 18.9 Å². The summed E-state index contributed by atoms with van der Waals surface area (Å²) in [6.45, 7) is 2.20. The van der Waals surface area contributed by atoms with Gasteiger partial charge in [-0.25, -0.2) is 18.1 Å². The molecular formula is C11H17N3O4S. The number of nitrogens with two attached hydrogens (primary N) is 1. The molecule has 3 N–H and O–H groups in total. The number of hydrogen-bond acceptors (Lipinski definition) is 6. The Bertz CT molecular complexity index is 513. The minimum atomic E-state index is -3.61. The van der Waals surface area contributed by atoms with Crippen molar-refractivity contribution in [2.45, 2.75) is 24.7 Å². The highest BCUT2D eigenvalue weighted by molar-refractivity contribution is 7.89. The van der Waals surface area contributed by atoms with E-state index in [1.165, 1.54) is 18.3 Å². The summed E-state index contributed by atoms with van der Waals surface area (Å²) in [5.74, 6) is -0.0860. The molecule has 0 aromatic carbocycles.